The number of nitrogens with two attached hydrogens (primary N) is 1. The zero-order valence-electron chi connectivity index (χ0n) is 13.1. The highest BCUT2D eigenvalue weighted by atomic mass is 32.2. The predicted molar refractivity (Wildman–Crippen MR) is 92.0 cm³/mol. The van der Waals surface area contributed by atoms with Gasteiger partial charge in [0.2, 0.25) is 0 Å². The van der Waals surface area contributed by atoms with Crippen molar-refractivity contribution in [2.45, 2.75) is 30.7 Å². The summed E-state index contributed by atoms with van der Waals surface area (Å²) in [6, 6.07) is 14.4. The van der Waals surface area contributed by atoms with Crippen molar-refractivity contribution in [2.75, 3.05) is 13.1 Å². The summed E-state index contributed by atoms with van der Waals surface area (Å²) in [6.45, 7) is 2.42. The zero-order chi connectivity index (χ0) is 16.5. The third kappa shape index (κ3) is 5.94. The number of halogens is 2. The topological polar surface area (TPSA) is 29.3 Å². The Kier molecular flexibility index (Phi) is 7.52. The maximum Gasteiger partial charge on any atom is 0.138 e. The Balaban J connectivity index is 0.000000268. The molecule has 23 heavy (non-hydrogen) atoms. The Morgan fingerprint density at radius 2 is 1.43 bits per heavy atom. The van der Waals surface area contributed by atoms with E-state index in [1.807, 2.05) is 36.4 Å². The Morgan fingerprint density at radius 1 is 0.870 bits per heavy atom. The molecular weight excluding hydrogens is 314 g/mol. The molecule has 0 aromatic heterocycles. The highest BCUT2D eigenvalue weighted by molar-refractivity contribution is 7.97. The number of rotatable bonds is 3. The fourth-order valence-electron chi connectivity index (χ4n) is 2.52. The van der Waals surface area contributed by atoms with E-state index < -0.39 is 5.82 Å². The lowest BCUT2D eigenvalue weighted by atomic mass is 10.1. The van der Waals surface area contributed by atoms with E-state index in [1.165, 1.54) is 18.6 Å². The first-order valence-electron chi connectivity index (χ1n) is 7.77. The van der Waals surface area contributed by atoms with Crippen molar-refractivity contribution in [2.24, 2.45) is 5.14 Å². The molecule has 5 heteroatoms. The van der Waals surface area contributed by atoms with Gasteiger partial charge in [-0.1, -0.05) is 42.8 Å². The lowest BCUT2D eigenvalue weighted by molar-refractivity contribution is 0.218. The summed E-state index contributed by atoms with van der Waals surface area (Å²) in [5.74, 6) is -0.809. The monoisotopic (exact) mass is 336 g/mol. The summed E-state index contributed by atoms with van der Waals surface area (Å²) in [5.41, 5.74) is 0.419. The zero-order valence-corrected chi connectivity index (χ0v) is 13.9. The third-order valence-corrected chi connectivity index (χ3v) is 4.30. The molecule has 0 bridgehead atoms. The molecule has 0 atom stereocenters. The molecule has 0 saturated carbocycles. The lowest BCUT2D eigenvalue weighted by Crippen LogP contribution is -2.29. The first kappa shape index (κ1) is 17.9. The van der Waals surface area contributed by atoms with Gasteiger partial charge >= 0.3 is 0 Å². The van der Waals surface area contributed by atoms with Crippen molar-refractivity contribution in [3.8, 4) is 0 Å². The van der Waals surface area contributed by atoms with Gasteiger partial charge in [0.1, 0.15) is 11.6 Å². The van der Waals surface area contributed by atoms with Crippen molar-refractivity contribution in [3.63, 3.8) is 0 Å². The van der Waals surface area contributed by atoms with Crippen LogP contribution in [-0.2, 0) is 6.54 Å². The molecular formula is C18H22F2N2S. The summed E-state index contributed by atoms with van der Waals surface area (Å²) in [4.78, 5) is 2.32. The second-order valence-electron chi connectivity index (χ2n) is 5.48. The number of hydrogen-bond donors (Lipinski definition) is 1. The van der Waals surface area contributed by atoms with Crippen LogP contribution in [0.4, 0.5) is 8.78 Å². The van der Waals surface area contributed by atoms with Crippen LogP contribution in [0.3, 0.4) is 0 Å². The summed E-state index contributed by atoms with van der Waals surface area (Å²) < 4.78 is 27.2. The van der Waals surface area contributed by atoms with Gasteiger partial charge in [0.15, 0.2) is 0 Å². The quantitative estimate of drug-likeness (QED) is 0.831. The number of hydrogen-bond acceptors (Lipinski definition) is 3. The van der Waals surface area contributed by atoms with E-state index in [9.17, 15) is 8.78 Å². The number of piperidine rings is 1. The van der Waals surface area contributed by atoms with Gasteiger partial charge in [-0.25, -0.2) is 8.78 Å². The van der Waals surface area contributed by atoms with Crippen LogP contribution in [0.15, 0.2) is 53.4 Å². The molecule has 1 aliphatic rings. The van der Waals surface area contributed by atoms with Crippen LogP contribution < -0.4 is 5.14 Å². The van der Waals surface area contributed by atoms with Crippen molar-refractivity contribution in [1.82, 2.24) is 4.90 Å². The second-order valence-corrected chi connectivity index (χ2v) is 6.16. The first-order valence-corrected chi connectivity index (χ1v) is 8.65. The molecule has 1 saturated heterocycles. The Morgan fingerprint density at radius 3 is 1.96 bits per heavy atom. The highest BCUT2D eigenvalue weighted by Gasteiger charge is 2.15. The Labute approximate surface area is 140 Å². The minimum atomic E-state index is -0.439. The largest absolute Gasteiger partial charge is 0.299 e. The maximum absolute atomic E-state index is 13.7. The molecule has 0 unspecified atom stereocenters. The van der Waals surface area contributed by atoms with Gasteiger partial charge in [0.05, 0.1) is 4.90 Å². The molecule has 2 N–H and O–H groups in total. The van der Waals surface area contributed by atoms with Crippen LogP contribution in [0, 0.1) is 11.6 Å². The third-order valence-electron chi connectivity index (χ3n) is 3.74. The van der Waals surface area contributed by atoms with E-state index in [2.05, 4.69) is 4.90 Å². The van der Waals surface area contributed by atoms with Crippen molar-refractivity contribution in [3.05, 3.63) is 65.7 Å². The van der Waals surface area contributed by atoms with E-state index in [4.69, 9.17) is 5.14 Å². The average Bonchev–Trinajstić information content (AvgIpc) is 2.61. The summed E-state index contributed by atoms with van der Waals surface area (Å²) in [6.07, 6.45) is 3.51. The highest BCUT2D eigenvalue weighted by Crippen LogP contribution is 2.23. The molecule has 2 aromatic carbocycles. The molecule has 3 rings (SSSR count). The summed E-state index contributed by atoms with van der Waals surface area (Å²) >= 11 is 0.736. The van der Waals surface area contributed by atoms with Gasteiger partial charge in [0.25, 0.3) is 0 Å². The minimum Gasteiger partial charge on any atom is -0.299 e. The SMILES string of the molecule is NSc1cc(F)c(CN2CCCCC2)cc1F.c1ccccc1. The molecule has 0 amide bonds. The van der Waals surface area contributed by atoms with E-state index >= 15 is 0 Å². The molecule has 2 nitrogen and oxygen atoms in total. The lowest BCUT2D eigenvalue weighted by Gasteiger charge is -2.26. The molecule has 124 valence electrons. The van der Waals surface area contributed by atoms with E-state index in [0.717, 1.165) is 37.9 Å². The van der Waals surface area contributed by atoms with Crippen LogP contribution in [0.25, 0.3) is 0 Å². The smallest absolute Gasteiger partial charge is 0.138 e. The van der Waals surface area contributed by atoms with E-state index in [-0.39, 0.29) is 10.7 Å². The average molecular weight is 336 g/mol. The van der Waals surface area contributed by atoms with Gasteiger partial charge in [-0.3, -0.25) is 10.0 Å². The van der Waals surface area contributed by atoms with Crippen molar-refractivity contribution in [1.29, 1.82) is 0 Å². The number of benzene rings is 2. The van der Waals surface area contributed by atoms with Crippen LogP contribution in [0.2, 0.25) is 0 Å². The van der Waals surface area contributed by atoms with Gasteiger partial charge in [-0.2, -0.15) is 0 Å². The predicted octanol–water partition coefficient (Wildman–Crippen LogP) is 4.60. The number of likely N-dealkylation sites (tertiary alicyclic amines) is 1. The molecule has 2 aromatic rings. The second kappa shape index (κ2) is 9.65. The minimum absolute atomic E-state index is 0.157. The van der Waals surface area contributed by atoms with Gasteiger partial charge < -0.3 is 0 Å². The standard InChI is InChI=1S/C12H16F2N2S.C6H6/c13-10-7-12(17-15)11(14)6-9(10)8-16-4-2-1-3-5-16;1-2-4-6-5-3-1/h6-7H,1-5,8,15H2;1-6H. The maximum atomic E-state index is 13.7. The molecule has 1 aliphatic heterocycles. The van der Waals surface area contributed by atoms with Crippen LogP contribution in [-0.4, -0.2) is 18.0 Å². The molecule has 0 spiro atoms. The van der Waals surface area contributed by atoms with E-state index in [1.54, 1.807) is 0 Å². The first-order chi connectivity index (χ1) is 11.2. The van der Waals surface area contributed by atoms with Gasteiger partial charge in [-0.05, 0) is 50.0 Å². The van der Waals surface area contributed by atoms with Gasteiger partial charge in [-0.15, -0.1) is 0 Å². The van der Waals surface area contributed by atoms with Crippen LogP contribution in [0.5, 0.6) is 0 Å². The van der Waals surface area contributed by atoms with Crippen molar-refractivity contribution < 1.29 is 8.78 Å². The van der Waals surface area contributed by atoms with Crippen LogP contribution >= 0.6 is 11.9 Å². The van der Waals surface area contributed by atoms with Crippen molar-refractivity contribution >= 4 is 11.9 Å². The Bertz CT molecular complexity index is 560. The molecule has 0 radical (unpaired) electrons. The molecule has 0 aliphatic carbocycles. The van der Waals surface area contributed by atoms with Gasteiger partial charge in [0, 0.05) is 12.1 Å². The fourth-order valence-corrected chi connectivity index (χ4v) is 2.87. The van der Waals surface area contributed by atoms with Crippen LogP contribution in [0.1, 0.15) is 24.8 Å². The summed E-state index contributed by atoms with van der Waals surface area (Å²) in [7, 11) is 0. The Hall–Kier alpha value is -1.43. The normalized spacial score (nSPS) is 14.9. The number of nitrogens with zero attached hydrogens (tertiary/aromatic N) is 1. The fraction of sp³-hybridized carbons (Fsp3) is 0.333. The molecule has 1 heterocycles. The molecule has 1 fully saturated rings. The van der Waals surface area contributed by atoms with E-state index in [0.29, 0.717) is 12.1 Å². The summed E-state index contributed by atoms with van der Waals surface area (Å²) in [5, 5.41) is 5.25.